The summed E-state index contributed by atoms with van der Waals surface area (Å²) in [6, 6.07) is 10.2. The van der Waals surface area contributed by atoms with Gasteiger partial charge in [-0.3, -0.25) is 9.59 Å². The maximum atomic E-state index is 12.8. The Morgan fingerprint density at radius 3 is 2.75 bits per heavy atom. The summed E-state index contributed by atoms with van der Waals surface area (Å²) >= 11 is 1.49. The number of nitrogens with zero attached hydrogens (tertiary/aromatic N) is 2. The molecule has 0 saturated carbocycles. The van der Waals surface area contributed by atoms with Crippen LogP contribution in [0.2, 0.25) is 0 Å². The third kappa shape index (κ3) is 3.64. The van der Waals surface area contributed by atoms with E-state index in [1.54, 1.807) is 10.3 Å². The first-order chi connectivity index (χ1) is 11.5. The number of benzene rings is 1. The van der Waals surface area contributed by atoms with Gasteiger partial charge in [0, 0.05) is 24.4 Å². The molecule has 1 saturated heterocycles. The highest BCUT2D eigenvalue weighted by molar-refractivity contribution is 7.09. The summed E-state index contributed by atoms with van der Waals surface area (Å²) in [4.78, 5) is 30.4. The number of carbonyl (C=O) groups excluding carboxylic acids is 2. The zero-order valence-electron chi connectivity index (χ0n) is 13.6. The first kappa shape index (κ1) is 16.6. The van der Waals surface area contributed by atoms with Crippen molar-refractivity contribution < 1.29 is 9.59 Å². The number of carbonyl (C=O) groups is 2. The van der Waals surface area contributed by atoms with Gasteiger partial charge in [0.15, 0.2) is 0 Å². The largest absolute Gasteiger partial charge is 0.369 e. The molecular weight excluding hydrogens is 322 g/mol. The van der Waals surface area contributed by atoms with E-state index in [-0.39, 0.29) is 23.8 Å². The van der Waals surface area contributed by atoms with Gasteiger partial charge >= 0.3 is 0 Å². The Bertz CT molecular complexity index is 729. The average Bonchev–Trinajstić information content (AvgIpc) is 3.04. The number of rotatable bonds is 4. The lowest BCUT2D eigenvalue weighted by molar-refractivity contribution is -0.123. The van der Waals surface area contributed by atoms with Crippen LogP contribution in [0, 0.1) is 5.92 Å². The van der Waals surface area contributed by atoms with E-state index in [0.29, 0.717) is 12.2 Å². The highest BCUT2D eigenvalue weighted by Gasteiger charge is 2.32. The molecule has 0 radical (unpaired) electrons. The fourth-order valence-corrected chi connectivity index (χ4v) is 3.83. The molecule has 0 bridgehead atoms. The molecule has 5 nitrogen and oxygen atoms in total. The van der Waals surface area contributed by atoms with Crippen LogP contribution in [-0.2, 0) is 11.2 Å². The first-order valence-corrected chi connectivity index (χ1v) is 9.01. The molecule has 1 aromatic carbocycles. The van der Waals surface area contributed by atoms with Crippen LogP contribution in [-0.4, -0.2) is 34.3 Å². The van der Waals surface area contributed by atoms with Crippen LogP contribution in [0.25, 0.3) is 0 Å². The van der Waals surface area contributed by atoms with E-state index >= 15 is 0 Å². The summed E-state index contributed by atoms with van der Waals surface area (Å²) in [6.45, 7) is 2.40. The van der Waals surface area contributed by atoms with E-state index in [1.807, 2.05) is 37.3 Å². The van der Waals surface area contributed by atoms with Crippen LogP contribution in [0.4, 0.5) is 0 Å². The number of thiazole rings is 1. The highest BCUT2D eigenvalue weighted by Crippen LogP contribution is 2.24. The average molecular weight is 343 g/mol. The Kier molecular flexibility index (Phi) is 4.94. The second-order valence-electron chi connectivity index (χ2n) is 6.27. The molecule has 0 spiro atoms. The van der Waals surface area contributed by atoms with Gasteiger partial charge in [-0.25, -0.2) is 4.98 Å². The van der Waals surface area contributed by atoms with Gasteiger partial charge < -0.3 is 10.6 Å². The van der Waals surface area contributed by atoms with Gasteiger partial charge in [0.1, 0.15) is 5.69 Å². The third-order valence-corrected chi connectivity index (χ3v) is 5.36. The van der Waals surface area contributed by atoms with Crippen LogP contribution in [0.1, 0.15) is 40.8 Å². The van der Waals surface area contributed by atoms with Crippen molar-refractivity contribution in [3.63, 3.8) is 0 Å². The fraction of sp³-hybridized carbons (Fsp3) is 0.389. The molecule has 2 amide bonds. The zero-order chi connectivity index (χ0) is 17.1. The number of amides is 2. The molecule has 2 aromatic rings. The fourth-order valence-electron chi connectivity index (χ4n) is 3.03. The van der Waals surface area contributed by atoms with Crippen molar-refractivity contribution in [2.45, 2.75) is 32.2 Å². The zero-order valence-corrected chi connectivity index (χ0v) is 14.5. The Hall–Kier alpha value is -2.21. The summed E-state index contributed by atoms with van der Waals surface area (Å²) in [7, 11) is 0. The van der Waals surface area contributed by atoms with Crippen molar-refractivity contribution in [3.05, 3.63) is 52.0 Å². The van der Waals surface area contributed by atoms with E-state index in [9.17, 15) is 9.59 Å². The van der Waals surface area contributed by atoms with E-state index in [4.69, 9.17) is 5.73 Å². The van der Waals surface area contributed by atoms with Gasteiger partial charge in [-0.2, -0.15) is 0 Å². The van der Waals surface area contributed by atoms with Crippen LogP contribution in [0.15, 0.2) is 35.7 Å². The van der Waals surface area contributed by atoms with E-state index in [1.165, 1.54) is 16.9 Å². The molecule has 126 valence electrons. The quantitative estimate of drug-likeness (QED) is 0.926. The lowest BCUT2D eigenvalue weighted by Gasteiger charge is -2.36. The molecular formula is C18H21N3O2S. The van der Waals surface area contributed by atoms with Gasteiger partial charge in [-0.05, 0) is 25.3 Å². The van der Waals surface area contributed by atoms with Crippen LogP contribution in [0.3, 0.4) is 0 Å². The minimum absolute atomic E-state index is 0.104. The number of aromatic nitrogens is 1. The number of hydrogen-bond donors (Lipinski definition) is 1. The molecule has 1 fully saturated rings. The molecule has 2 unspecified atom stereocenters. The summed E-state index contributed by atoms with van der Waals surface area (Å²) in [5, 5.41) is 2.72. The number of hydrogen-bond acceptors (Lipinski definition) is 4. The summed E-state index contributed by atoms with van der Waals surface area (Å²) in [5.74, 6) is -0.695. The number of likely N-dealkylation sites (tertiary alicyclic amines) is 1. The van der Waals surface area contributed by atoms with Crippen molar-refractivity contribution in [2.75, 3.05) is 6.54 Å². The van der Waals surface area contributed by atoms with Gasteiger partial charge in [-0.15, -0.1) is 11.3 Å². The van der Waals surface area contributed by atoms with Gasteiger partial charge in [0.25, 0.3) is 5.91 Å². The Morgan fingerprint density at radius 2 is 2.04 bits per heavy atom. The predicted octanol–water partition coefficient (Wildman–Crippen LogP) is 2.46. The maximum absolute atomic E-state index is 12.8. The minimum Gasteiger partial charge on any atom is -0.369 e. The van der Waals surface area contributed by atoms with Crippen LogP contribution in [0.5, 0.6) is 0 Å². The topological polar surface area (TPSA) is 76.3 Å². The van der Waals surface area contributed by atoms with Crippen LogP contribution < -0.4 is 5.73 Å². The molecule has 24 heavy (non-hydrogen) atoms. The lowest BCUT2D eigenvalue weighted by Crippen LogP contribution is -2.48. The molecule has 1 aliphatic rings. The van der Waals surface area contributed by atoms with Crippen LogP contribution >= 0.6 is 11.3 Å². The minimum atomic E-state index is -0.331. The van der Waals surface area contributed by atoms with Crippen molar-refractivity contribution in [3.8, 4) is 0 Å². The second-order valence-corrected chi connectivity index (χ2v) is 7.21. The van der Waals surface area contributed by atoms with Crippen molar-refractivity contribution in [1.82, 2.24) is 9.88 Å². The van der Waals surface area contributed by atoms with E-state index in [0.717, 1.165) is 24.3 Å². The normalized spacial score (nSPS) is 20.8. The van der Waals surface area contributed by atoms with E-state index in [2.05, 4.69) is 4.98 Å². The molecule has 1 aliphatic heterocycles. The monoisotopic (exact) mass is 343 g/mol. The molecule has 0 aliphatic carbocycles. The number of primary amides is 1. The predicted molar refractivity (Wildman–Crippen MR) is 93.8 cm³/mol. The van der Waals surface area contributed by atoms with E-state index < -0.39 is 0 Å². The van der Waals surface area contributed by atoms with Crippen molar-refractivity contribution in [1.29, 1.82) is 0 Å². The van der Waals surface area contributed by atoms with Gasteiger partial charge in [0.2, 0.25) is 5.91 Å². The highest BCUT2D eigenvalue weighted by atomic mass is 32.1. The molecule has 3 rings (SSSR count). The Balaban J connectivity index is 1.72. The summed E-state index contributed by atoms with van der Waals surface area (Å²) in [6.07, 6.45) is 2.26. The van der Waals surface area contributed by atoms with Crippen molar-refractivity contribution >= 4 is 23.2 Å². The lowest BCUT2D eigenvalue weighted by atomic mass is 9.93. The standard InChI is InChI=1S/C18H21N3O2S/c1-12-7-8-14(17(19)22)10-21(12)18(23)15-11-24-16(20-15)9-13-5-3-2-4-6-13/h2-6,11-12,14H,7-10H2,1H3,(H2,19,22). The SMILES string of the molecule is CC1CCC(C(N)=O)CN1C(=O)c1csc(Cc2ccccc2)n1. The third-order valence-electron chi connectivity index (χ3n) is 4.51. The molecule has 2 atom stereocenters. The Morgan fingerprint density at radius 1 is 1.29 bits per heavy atom. The molecule has 1 aromatic heterocycles. The molecule has 2 N–H and O–H groups in total. The first-order valence-electron chi connectivity index (χ1n) is 8.13. The van der Waals surface area contributed by atoms with Crippen molar-refractivity contribution in [2.24, 2.45) is 11.7 Å². The smallest absolute Gasteiger partial charge is 0.273 e. The molecule has 2 heterocycles. The summed E-state index contributed by atoms with van der Waals surface area (Å²) < 4.78 is 0. The van der Waals surface area contributed by atoms with Gasteiger partial charge in [0.05, 0.1) is 10.9 Å². The summed E-state index contributed by atoms with van der Waals surface area (Å²) in [5.41, 5.74) is 7.05. The number of nitrogens with two attached hydrogens (primary N) is 1. The van der Waals surface area contributed by atoms with Gasteiger partial charge in [-0.1, -0.05) is 30.3 Å². The number of piperidine rings is 1. The molecule has 6 heteroatoms. The Labute approximate surface area is 145 Å². The maximum Gasteiger partial charge on any atom is 0.273 e. The second kappa shape index (κ2) is 7.13.